The average molecular weight is 462 g/mol. The van der Waals surface area contributed by atoms with Crippen LogP contribution in [-0.4, -0.2) is 35.3 Å². The van der Waals surface area contributed by atoms with Gasteiger partial charge < -0.3 is 9.84 Å². The van der Waals surface area contributed by atoms with Crippen molar-refractivity contribution in [3.8, 4) is 0 Å². The van der Waals surface area contributed by atoms with Crippen molar-refractivity contribution in [3.05, 3.63) is 80.3 Å². The second-order valence-corrected chi connectivity index (χ2v) is 8.24. The molecule has 1 N–H and O–H groups in total. The Labute approximate surface area is 178 Å². The predicted molar refractivity (Wildman–Crippen MR) is 112 cm³/mol. The quantitative estimate of drug-likeness (QED) is 0.396. The Balaban J connectivity index is 2.14. The number of halogens is 1. The van der Waals surface area contributed by atoms with Crippen molar-refractivity contribution in [3.63, 3.8) is 0 Å². The molecule has 1 aliphatic rings. The zero-order valence-electron chi connectivity index (χ0n) is 16.1. The lowest BCUT2D eigenvalue weighted by atomic mass is 9.61. The van der Waals surface area contributed by atoms with Gasteiger partial charge in [-0.1, -0.05) is 58.4 Å². The molecule has 0 saturated heterocycles. The summed E-state index contributed by atoms with van der Waals surface area (Å²) in [5.41, 5.74) is 1.53. The number of carbonyl (C=O) groups is 1. The van der Waals surface area contributed by atoms with Gasteiger partial charge in [-0.2, -0.15) is 0 Å². The minimum Gasteiger partial charge on any atom is -0.466 e. The van der Waals surface area contributed by atoms with E-state index >= 15 is 0 Å². The van der Waals surface area contributed by atoms with Gasteiger partial charge in [0, 0.05) is 16.0 Å². The normalized spacial score (nSPS) is 26.7. The first-order valence-corrected chi connectivity index (χ1v) is 10.5. The molecule has 0 aromatic heterocycles. The average Bonchev–Trinajstić information content (AvgIpc) is 2.73. The van der Waals surface area contributed by atoms with Gasteiger partial charge in [0.25, 0.3) is 0 Å². The molecule has 0 radical (unpaired) electrons. The van der Waals surface area contributed by atoms with Crippen LogP contribution in [0.15, 0.2) is 59.1 Å². The predicted octanol–water partition coefficient (Wildman–Crippen LogP) is 4.15. The van der Waals surface area contributed by atoms with Crippen LogP contribution in [0, 0.1) is 22.0 Å². The number of rotatable bonds is 6. The van der Waals surface area contributed by atoms with Crippen LogP contribution in [-0.2, 0) is 9.53 Å². The molecule has 154 valence electrons. The van der Waals surface area contributed by atoms with Crippen molar-refractivity contribution in [1.29, 1.82) is 0 Å². The molecular weight excluding hydrogens is 438 g/mol. The molecule has 0 amide bonds. The molecule has 0 unspecified atom stereocenters. The first kappa shape index (κ1) is 21.5. The summed E-state index contributed by atoms with van der Waals surface area (Å²) in [6.07, 6.45) is 0.333. The van der Waals surface area contributed by atoms with Crippen molar-refractivity contribution in [2.24, 2.45) is 11.8 Å². The molecule has 6 nitrogen and oxygen atoms in total. The molecule has 1 saturated carbocycles. The van der Waals surface area contributed by atoms with E-state index in [1.54, 1.807) is 6.92 Å². The number of esters is 1. The van der Waals surface area contributed by atoms with Crippen LogP contribution < -0.4 is 0 Å². The fourth-order valence-corrected chi connectivity index (χ4v) is 4.83. The molecule has 0 spiro atoms. The second-order valence-electron chi connectivity index (χ2n) is 7.33. The third-order valence-electron chi connectivity index (χ3n) is 5.74. The first-order valence-electron chi connectivity index (χ1n) is 9.69. The highest BCUT2D eigenvalue weighted by Gasteiger charge is 2.54. The summed E-state index contributed by atoms with van der Waals surface area (Å²) in [4.78, 5) is 24.8. The lowest BCUT2D eigenvalue weighted by Crippen LogP contribution is -2.49. The largest absolute Gasteiger partial charge is 0.466 e. The molecule has 7 heteroatoms. The van der Waals surface area contributed by atoms with Crippen LogP contribution in [0.3, 0.4) is 0 Å². The fraction of sp³-hybridized carbons (Fsp3) is 0.409. The Kier molecular flexibility index (Phi) is 7.03. The Morgan fingerprint density at radius 3 is 2.31 bits per heavy atom. The highest BCUT2D eigenvalue weighted by molar-refractivity contribution is 9.10. The Morgan fingerprint density at radius 1 is 1.14 bits per heavy atom. The number of aliphatic hydroxyl groups is 1. The van der Waals surface area contributed by atoms with Crippen molar-refractivity contribution >= 4 is 21.9 Å². The number of benzene rings is 2. The highest BCUT2D eigenvalue weighted by atomic mass is 79.9. The van der Waals surface area contributed by atoms with Gasteiger partial charge in [-0.05, 0) is 42.5 Å². The van der Waals surface area contributed by atoms with Crippen molar-refractivity contribution < 1.29 is 19.6 Å². The lowest BCUT2D eigenvalue weighted by Gasteiger charge is -2.41. The van der Waals surface area contributed by atoms with Gasteiger partial charge in [0.05, 0.1) is 24.4 Å². The van der Waals surface area contributed by atoms with E-state index in [1.807, 2.05) is 54.6 Å². The molecule has 0 aliphatic heterocycles. The molecule has 2 aromatic carbocycles. The standard InChI is InChI=1S/C22H24BrNO5/c1-2-29-22(26)18-12-16(13-25)19(15-8-10-17(23)11-9-15)21(24(27)28)20(18)14-6-4-3-5-7-14/h3-11,16,18-21,25H,2,12-13H2,1H3/t16-,18-,19-,20+,21+/m1/s1. The van der Waals surface area contributed by atoms with Crippen LogP contribution in [0.5, 0.6) is 0 Å². The van der Waals surface area contributed by atoms with E-state index in [1.165, 1.54) is 0 Å². The summed E-state index contributed by atoms with van der Waals surface area (Å²) in [7, 11) is 0. The van der Waals surface area contributed by atoms with Gasteiger partial charge in [-0.25, -0.2) is 0 Å². The summed E-state index contributed by atoms with van der Waals surface area (Å²) in [6.45, 7) is 1.69. The number of nitro groups is 1. The Bertz CT molecular complexity index is 842. The van der Waals surface area contributed by atoms with E-state index in [9.17, 15) is 20.0 Å². The van der Waals surface area contributed by atoms with Crippen LogP contribution in [0.1, 0.15) is 36.3 Å². The molecule has 1 aliphatic carbocycles. The topological polar surface area (TPSA) is 89.7 Å². The number of hydrogen-bond acceptors (Lipinski definition) is 5. The maximum atomic E-state index is 12.8. The van der Waals surface area contributed by atoms with Crippen LogP contribution in [0.25, 0.3) is 0 Å². The maximum Gasteiger partial charge on any atom is 0.309 e. The molecule has 3 rings (SSSR count). The summed E-state index contributed by atoms with van der Waals surface area (Å²) in [6, 6.07) is 15.5. The van der Waals surface area contributed by atoms with Crippen molar-refractivity contribution in [2.45, 2.75) is 31.2 Å². The zero-order chi connectivity index (χ0) is 21.0. The highest BCUT2D eigenvalue weighted by Crippen LogP contribution is 2.49. The molecular formula is C22H24BrNO5. The van der Waals surface area contributed by atoms with Crippen molar-refractivity contribution in [2.75, 3.05) is 13.2 Å². The van der Waals surface area contributed by atoms with Crippen LogP contribution in [0.2, 0.25) is 0 Å². The van der Waals surface area contributed by atoms with Gasteiger partial charge in [0.1, 0.15) is 0 Å². The summed E-state index contributed by atoms with van der Waals surface area (Å²) in [5.74, 6) is -2.70. The molecule has 0 heterocycles. The van der Waals surface area contributed by atoms with E-state index in [4.69, 9.17) is 4.74 Å². The number of nitrogens with zero attached hydrogens (tertiary/aromatic N) is 1. The summed E-state index contributed by atoms with van der Waals surface area (Å²) < 4.78 is 6.14. The third-order valence-corrected chi connectivity index (χ3v) is 6.27. The van der Waals surface area contributed by atoms with E-state index in [0.29, 0.717) is 6.42 Å². The molecule has 0 bridgehead atoms. The molecule has 29 heavy (non-hydrogen) atoms. The number of carbonyl (C=O) groups excluding carboxylic acids is 1. The third kappa shape index (κ3) is 4.51. The fourth-order valence-electron chi connectivity index (χ4n) is 4.56. The van der Waals surface area contributed by atoms with E-state index < -0.39 is 35.7 Å². The Hall–Kier alpha value is -2.25. The number of ether oxygens (including phenoxy) is 1. The first-order chi connectivity index (χ1) is 14.0. The zero-order valence-corrected chi connectivity index (χ0v) is 17.7. The van der Waals surface area contributed by atoms with Crippen LogP contribution >= 0.6 is 15.9 Å². The summed E-state index contributed by atoms with van der Waals surface area (Å²) in [5, 5.41) is 22.4. The minimum absolute atomic E-state index is 0.208. The van der Waals surface area contributed by atoms with E-state index in [-0.39, 0.29) is 18.1 Å². The summed E-state index contributed by atoms with van der Waals surface area (Å²) >= 11 is 3.40. The lowest BCUT2D eigenvalue weighted by molar-refractivity contribution is -0.537. The number of hydrogen-bond donors (Lipinski definition) is 1. The molecule has 2 aromatic rings. The van der Waals surface area contributed by atoms with E-state index in [2.05, 4.69) is 15.9 Å². The smallest absolute Gasteiger partial charge is 0.309 e. The van der Waals surface area contributed by atoms with Gasteiger partial charge in [-0.15, -0.1) is 0 Å². The maximum absolute atomic E-state index is 12.8. The Morgan fingerprint density at radius 2 is 1.76 bits per heavy atom. The second kappa shape index (κ2) is 9.50. The van der Waals surface area contributed by atoms with Crippen molar-refractivity contribution in [1.82, 2.24) is 0 Å². The number of aliphatic hydroxyl groups excluding tert-OH is 1. The van der Waals surface area contributed by atoms with E-state index in [0.717, 1.165) is 15.6 Å². The van der Waals surface area contributed by atoms with Gasteiger partial charge in [0.2, 0.25) is 6.04 Å². The monoisotopic (exact) mass is 461 g/mol. The molecule has 1 fully saturated rings. The minimum atomic E-state index is -1.06. The van der Waals surface area contributed by atoms with Gasteiger partial charge in [-0.3, -0.25) is 14.9 Å². The SMILES string of the molecule is CCOC(=O)[C@@H]1C[C@H](CO)[C@@H](c2ccc(Br)cc2)[C@H]([N+](=O)[O-])[C@H]1c1ccccc1. The van der Waals surface area contributed by atoms with Crippen LogP contribution in [0.4, 0.5) is 0 Å². The van der Waals surface area contributed by atoms with Gasteiger partial charge >= 0.3 is 5.97 Å². The molecule has 5 atom stereocenters. The van der Waals surface area contributed by atoms with Gasteiger partial charge in [0.15, 0.2) is 0 Å².